The summed E-state index contributed by atoms with van der Waals surface area (Å²) >= 11 is 0. The van der Waals surface area contributed by atoms with Crippen LogP contribution in [0.1, 0.15) is 56.6 Å². The van der Waals surface area contributed by atoms with E-state index in [1.165, 1.54) is 12.0 Å². The standard InChI is InChI=1S/C29H41N3O6S/c1-6-25(29(34)30-23-10-8-7-9-11-23)31(19-22-13-15-24(37-3)16-14-22)28(33)20-32(39(5,35)36)26-18-21(2)12-17-27(26)38-4/h12-18,23,25H,6-11,19-20H2,1-5H3,(H,30,34). The predicted octanol–water partition coefficient (Wildman–Crippen LogP) is 4.03. The summed E-state index contributed by atoms with van der Waals surface area (Å²) in [5.41, 5.74) is 1.89. The summed E-state index contributed by atoms with van der Waals surface area (Å²) in [6.07, 6.45) is 6.58. The molecule has 3 rings (SSSR count). The number of nitrogens with zero attached hydrogens (tertiary/aromatic N) is 2. The number of hydrogen-bond acceptors (Lipinski definition) is 6. The Morgan fingerprint density at radius 2 is 1.69 bits per heavy atom. The highest BCUT2D eigenvalue weighted by Crippen LogP contribution is 2.31. The molecule has 1 N–H and O–H groups in total. The molecular formula is C29H41N3O6S. The molecule has 214 valence electrons. The molecular weight excluding hydrogens is 518 g/mol. The Kier molecular flexibility index (Phi) is 10.6. The second-order valence-electron chi connectivity index (χ2n) is 10.1. The van der Waals surface area contributed by atoms with Gasteiger partial charge >= 0.3 is 0 Å². The van der Waals surface area contributed by atoms with Crippen molar-refractivity contribution in [3.63, 3.8) is 0 Å². The van der Waals surface area contributed by atoms with Crippen LogP contribution in [0.4, 0.5) is 5.69 Å². The van der Waals surface area contributed by atoms with Crippen LogP contribution in [0, 0.1) is 6.92 Å². The van der Waals surface area contributed by atoms with Crippen molar-refractivity contribution in [1.82, 2.24) is 10.2 Å². The van der Waals surface area contributed by atoms with Crippen LogP contribution in [0.15, 0.2) is 42.5 Å². The number of sulfonamides is 1. The van der Waals surface area contributed by atoms with Gasteiger partial charge in [0.2, 0.25) is 21.8 Å². The number of hydrogen-bond donors (Lipinski definition) is 1. The van der Waals surface area contributed by atoms with Crippen LogP contribution in [0.25, 0.3) is 0 Å². The molecule has 39 heavy (non-hydrogen) atoms. The van der Waals surface area contributed by atoms with Gasteiger partial charge in [0.05, 0.1) is 26.2 Å². The lowest BCUT2D eigenvalue weighted by Gasteiger charge is -2.34. The second kappa shape index (κ2) is 13.7. The Morgan fingerprint density at radius 3 is 2.26 bits per heavy atom. The number of carbonyl (C=O) groups excluding carboxylic acids is 2. The lowest BCUT2D eigenvalue weighted by Crippen LogP contribution is -2.54. The van der Waals surface area contributed by atoms with Gasteiger partial charge in [-0.2, -0.15) is 0 Å². The average Bonchev–Trinajstić information content (AvgIpc) is 2.91. The van der Waals surface area contributed by atoms with Gasteiger partial charge in [0.25, 0.3) is 0 Å². The fourth-order valence-corrected chi connectivity index (χ4v) is 5.83. The van der Waals surface area contributed by atoms with Crippen LogP contribution in [-0.4, -0.2) is 64.2 Å². The number of ether oxygens (including phenoxy) is 2. The monoisotopic (exact) mass is 559 g/mol. The molecule has 0 bridgehead atoms. The maximum atomic E-state index is 14.0. The van der Waals surface area contributed by atoms with Crippen molar-refractivity contribution < 1.29 is 27.5 Å². The van der Waals surface area contributed by atoms with E-state index in [0.29, 0.717) is 17.9 Å². The first-order chi connectivity index (χ1) is 18.6. The molecule has 1 aliphatic rings. The van der Waals surface area contributed by atoms with E-state index < -0.39 is 28.5 Å². The molecule has 0 aromatic heterocycles. The van der Waals surface area contributed by atoms with E-state index in [2.05, 4.69) is 5.32 Å². The zero-order chi connectivity index (χ0) is 28.6. The normalized spacial score (nSPS) is 14.8. The van der Waals surface area contributed by atoms with Crippen molar-refractivity contribution >= 4 is 27.5 Å². The van der Waals surface area contributed by atoms with Crippen molar-refractivity contribution in [2.24, 2.45) is 0 Å². The van der Waals surface area contributed by atoms with Gasteiger partial charge in [-0.3, -0.25) is 13.9 Å². The first kappa shape index (κ1) is 30.3. The summed E-state index contributed by atoms with van der Waals surface area (Å²) in [6, 6.07) is 11.7. The van der Waals surface area contributed by atoms with Crippen molar-refractivity contribution in [3.05, 3.63) is 53.6 Å². The molecule has 2 aromatic rings. The van der Waals surface area contributed by atoms with Crippen LogP contribution in [0.5, 0.6) is 11.5 Å². The summed E-state index contributed by atoms with van der Waals surface area (Å²) in [5.74, 6) is 0.312. The van der Waals surface area contributed by atoms with E-state index in [1.54, 1.807) is 31.4 Å². The van der Waals surface area contributed by atoms with Crippen LogP contribution in [0.2, 0.25) is 0 Å². The van der Waals surface area contributed by atoms with Gasteiger partial charge in [-0.05, 0) is 61.6 Å². The Bertz CT molecular complexity index is 1230. The number of nitrogens with one attached hydrogen (secondary N) is 1. The smallest absolute Gasteiger partial charge is 0.244 e. The van der Waals surface area contributed by atoms with E-state index in [-0.39, 0.29) is 24.2 Å². The summed E-state index contributed by atoms with van der Waals surface area (Å²) in [7, 11) is -0.835. The SMILES string of the molecule is CCC(C(=O)NC1CCCCC1)N(Cc1ccc(OC)cc1)C(=O)CN(c1cc(C)ccc1OC)S(C)(=O)=O. The number of anilines is 1. The summed E-state index contributed by atoms with van der Waals surface area (Å²) in [6.45, 7) is 3.37. The highest BCUT2D eigenvalue weighted by atomic mass is 32.2. The van der Waals surface area contributed by atoms with Crippen molar-refractivity contribution in [3.8, 4) is 11.5 Å². The first-order valence-electron chi connectivity index (χ1n) is 13.4. The minimum atomic E-state index is -3.86. The van der Waals surface area contributed by atoms with Gasteiger partial charge in [0.1, 0.15) is 24.1 Å². The van der Waals surface area contributed by atoms with Crippen LogP contribution < -0.4 is 19.1 Å². The minimum absolute atomic E-state index is 0.0855. The van der Waals surface area contributed by atoms with Gasteiger partial charge in [0.15, 0.2) is 0 Å². The lowest BCUT2D eigenvalue weighted by molar-refractivity contribution is -0.140. The number of methoxy groups -OCH3 is 2. The maximum absolute atomic E-state index is 14.0. The summed E-state index contributed by atoms with van der Waals surface area (Å²) < 4.78 is 37.6. The molecule has 2 aromatic carbocycles. The molecule has 1 atom stereocenters. The van der Waals surface area contributed by atoms with Crippen molar-refractivity contribution in [2.45, 2.75) is 71.0 Å². The van der Waals surface area contributed by atoms with Gasteiger partial charge < -0.3 is 19.7 Å². The molecule has 0 radical (unpaired) electrons. The quantitative estimate of drug-likeness (QED) is 0.421. The van der Waals surface area contributed by atoms with Gasteiger partial charge in [-0.1, -0.05) is 44.4 Å². The van der Waals surface area contributed by atoms with E-state index in [4.69, 9.17) is 9.47 Å². The van der Waals surface area contributed by atoms with E-state index >= 15 is 0 Å². The molecule has 0 saturated heterocycles. The molecule has 0 aliphatic heterocycles. The van der Waals surface area contributed by atoms with E-state index in [0.717, 1.165) is 53.8 Å². The Balaban J connectivity index is 1.96. The Morgan fingerprint density at radius 1 is 1.03 bits per heavy atom. The lowest BCUT2D eigenvalue weighted by atomic mass is 9.95. The molecule has 1 fully saturated rings. The topological polar surface area (TPSA) is 105 Å². The number of amides is 2. The van der Waals surface area contributed by atoms with Gasteiger partial charge in [-0.25, -0.2) is 8.42 Å². The maximum Gasteiger partial charge on any atom is 0.244 e. The van der Waals surface area contributed by atoms with Gasteiger partial charge in [0, 0.05) is 12.6 Å². The molecule has 0 spiro atoms. The van der Waals surface area contributed by atoms with Crippen molar-refractivity contribution in [1.29, 1.82) is 0 Å². The van der Waals surface area contributed by atoms with Crippen LogP contribution in [0.3, 0.4) is 0 Å². The predicted molar refractivity (Wildman–Crippen MR) is 153 cm³/mol. The third kappa shape index (κ3) is 8.11. The largest absolute Gasteiger partial charge is 0.497 e. The molecule has 1 saturated carbocycles. The zero-order valence-corrected chi connectivity index (χ0v) is 24.4. The highest BCUT2D eigenvalue weighted by molar-refractivity contribution is 7.92. The second-order valence-corrected chi connectivity index (χ2v) is 12.0. The minimum Gasteiger partial charge on any atom is -0.497 e. The molecule has 0 heterocycles. The van der Waals surface area contributed by atoms with E-state index in [9.17, 15) is 18.0 Å². The number of rotatable bonds is 12. The van der Waals surface area contributed by atoms with Crippen LogP contribution >= 0.6 is 0 Å². The third-order valence-corrected chi connectivity index (χ3v) is 8.26. The number of carbonyl (C=O) groups is 2. The van der Waals surface area contributed by atoms with Crippen LogP contribution in [-0.2, 0) is 26.2 Å². The Labute approximate surface area is 232 Å². The molecule has 2 amide bonds. The molecule has 1 aliphatic carbocycles. The zero-order valence-electron chi connectivity index (χ0n) is 23.6. The summed E-state index contributed by atoms with van der Waals surface area (Å²) in [4.78, 5) is 28.9. The first-order valence-corrected chi connectivity index (χ1v) is 15.3. The van der Waals surface area contributed by atoms with E-state index in [1.807, 2.05) is 32.0 Å². The van der Waals surface area contributed by atoms with Gasteiger partial charge in [-0.15, -0.1) is 0 Å². The average molecular weight is 560 g/mol. The third-order valence-electron chi connectivity index (χ3n) is 7.13. The molecule has 10 heteroatoms. The number of aryl methyl sites for hydroxylation is 1. The highest BCUT2D eigenvalue weighted by Gasteiger charge is 2.33. The molecule has 9 nitrogen and oxygen atoms in total. The number of benzene rings is 2. The summed E-state index contributed by atoms with van der Waals surface area (Å²) in [5, 5.41) is 3.15. The fourth-order valence-electron chi connectivity index (χ4n) is 4.98. The van der Waals surface area contributed by atoms with Crippen molar-refractivity contribution in [2.75, 3.05) is 31.3 Å². The molecule has 1 unspecified atom stereocenters. The fraction of sp³-hybridized carbons (Fsp3) is 0.517. The Hall–Kier alpha value is -3.27.